The molecular weight excluding hydrogens is 414 g/mol. The van der Waals surface area contributed by atoms with Crippen LogP contribution in [0, 0.1) is 0 Å². The Labute approximate surface area is 195 Å². The molecule has 0 fully saturated rings. The Hall–Kier alpha value is -3.47. The second-order valence-electron chi connectivity index (χ2n) is 9.35. The lowest BCUT2D eigenvalue weighted by molar-refractivity contribution is 0.00929. The summed E-state index contributed by atoms with van der Waals surface area (Å²) in [5, 5.41) is 0. The van der Waals surface area contributed by atoms with Gasteiger partial charge in [-0.3, -0.25) is 0 Å². The lowest BCUT2D eigenvalue weighted by atomic mass is 10.1. The van der Waals surface area contributed by atoms with Gasteiger partial charge in [0.05, 0.1) is 6.04 Å². The number of hydrogen-bond donors (Lipinski definition) is 0. The largest absolute Gasteiger partial charge is 0.489 e. The van der Waals surface area contributed by atoms with Crippen molar-refractivity contribution in [1.29, 1.82) is 0 Å². The summed E-state index contributed by atoms with van der Waals surface area (Å²) in [6, 6.07) is 25.7. The molecule has 1 aliphatic carbocycles. The van der Waals surface area contributed by atoms with E-state index >= 15 is 0 Å². The number of nitrogens with zero attached hydrogens (tertiary/aromatic N) is 1. The number of carbonyl (C=O) groups excluding carboxylic acids is 1. The van der Waals surface area contributed by atoms with E-state index in [4.69, 9.17) is 14.2 Å². The summed E-state index contributed by atoms with van der Waals surface area (Å²) in [6.07, 6.45) is 0.0860. The highest BCUT2D eigenvalue weighted by Gasteiger charge is 2.39. The Morgan fingerprint density at radius 1 is 0.909 bits per heavy atom. The fourth-order valence-electron chi connectivity index (χ4n) is 3.99. The molecule has 0 saturated heterocycles. The van der Waals surface area contributed by atoms with E-state index in [2.05, 4.69) is 12.1 Å². The lowest BCUT2D eigenvalue weighted by Gasteiger charge is -2.32. The maximum absolute atomic E-state index is 12.8. The molecule has 3 aromatic rings. The van der Waals surface area contributed by atoms with Crippen molar-refractivity contribution in [2.24, 2.45) is 0 Å². The summed E-state index contributed by atoms with van der Waals surface area (Å²) < 4.78 is 17.9. The molecular formula is C28H31NO4. The first-order valence-electron chi connectivity index (χ1n) is 11.3. The highest BCUT2D eigenvalue weighted by atomic mass is 16.6. The van der Waals surface area contributed by atoms with Crippen LogP contribution in [0.4, 0.5) is 4.79 Å². The van der Waals surface area contributed by atoms with E-state index in [1.807, 2.05) is 87.5 Å². The van der Waals surface area contributed by atoms with Crippen molar-refractivity contribution in [3.8, 4) is 11.5 Å². The van der Waals surface area contributed by atoms with Gasteiger partial charge < -0.3 is 19.1 Å². The van der Waals surface area contributed by atoms with Crippen LogP contribution in [-0.2, 0) is 17.8 Å². The number of amides is 1. The Morgan fingerprint density at radius 2 is 1.55 bits per heavy atom. The highest BCUT2D eigenvalue weighted by molar-refractivity contribution is 5.68. The number of fused-ring (bicyclic) bond motifs is 1. The molecule has 33 heavy (non-hydrogen) atoms. The second-order valence-corrected chi connectivity index (χ2v) is 9.35. The van der Waals surface area contributed by atoms with E-state index in [9.17, 15) is 4.79 Å². The average Bonchev–Trinajstić information content (AvgIpc) is 3.16. The first kappa shape index (κ1) is 22.7. The van der Waals surface area contributed by atoms with Crippen LogP contribution >= 0.6 is 0 Å². The zero-order valence-electron chi connectivity index (χ0n) is 19.7. The number of hydrogen-bond acceptors (Lipinski definition) is 4. The van der Waals surface area contributed by atoms with E-state index in [1.54, 1.807) is 11.9 Å². The third-order valence-corrected chi connectivity index (χ3v) is 5.65. The molecule has 0 aromatic heterocycles. The third-order valence-electron chi connectivity index (χ3n) is 5.65. The molecule has 0 saturated carbocycles. The molecule has 0 N–H and O–H groups in total. The van der Waals surface area contributed by atoms with Crippen LogP contribution in [0.2, 0.25) is 0 Å². The minimum atomic E-state index is -0.553. The normalized spacial score (nSPS) is 17.2. The third kappa shape index (κ3) is 5.67. The van der Waals surface area contributed by atoms with Crippen molar-refractivity contribution in [1.82, 2.24) is 4.90 Å². The Kier molecular flexibility index (Phi) is 6.59. The first-order valence-corrected chi connectivity index (χ1v) is 11.3. The van der Waals surface area contributed by atoms with Gasteiger partial charge in [0, 0.05) is 7.05 Å². The van der Waals surface area contributed by atoms with E-state index < -0.39 is 5.60 Å². The first-order chi connectivity index (χ1) is 15.8. The van der Waals surface area contributed by atoms with E-state index in [1.165, 1.54) is 5.56 Å². The molecule has 2 atom stereocenters. The Morgan fingerprint density at radius 3 is 2.24 bits per heavy atom. The topological polar surface area (TPSA) is 48.0 Å². The van der Waals surface area contributed by atoms with E-state index in [0.29, 0.717) is 6.61 Å². The van der Waals surface area contributed by atoms with Gasteiger partial charge in [0.25, 0.3) is 0 Å². The molecule has 5 heteroatoms. The minimum absolute atomic E-state index is 0.161. The van der Waals surface area contributed by atoms with Crippen LogP contribution in [0.25, 0.3) is 0 Å². The Bertz CT molecular complexity index is 1070. The molecule has 0 bridgehead atoms. The number of ether oxygens (including phenoxy) is 3. The second kappa shape index (κ2) is 9.57. The standard InChI is InChI=1S/C28H31NO4/c1-28(2,3)33-27(30)29(4)25-18-21-12-8-9-13-24(21)26(25)32-23-16-14-22(15-17-23)31-19-20-10-6-5-7-11-20/h5-17,25-26H,18-19H2,1-4H3. The van der Waals surface area contributed by atoms with Gasteiger partial charge >= 0.3 is 6.09 Å². The van der Waals surface area contributed by atoms with Crippen molar-refractivity contribution in [2.45, 2.75) is 51.5 Å². The number of benzene rings is 3. The van der Waals surface area contributed by atoms with Crippen molar-refractivity contribution in [3.63, 3.8) is 0 Å². The zero-order valence-corrected chi connectivity index (χ0v) is 19.7. The number of carbonyl (C=O) groups is 1. The quantitative estimate of drug-likeness (QED) is 0.455. The van der Waals surface area contributed by atoms with Crippen LogP contribution < -0.4 is 9.47 Å². The van der Waals surface area contributed by atoms with Crippen LogP contribution in [0.1, 0.15) is 43.6 Å². The minimum Gasteiger partial charge on any atom is -0.489 e. The molecule has 172 valence electrons. The summed E-state index contributed by atoms with van der Waals surface area (Å²) in [5.41, 5.74) is 2.85. The zero-order chi connectivity index (χ0) is 23.4. The Balaban J connectivity index is 1.47. The van der Waals surface area contributed by atoms with Gasteiger partial charge in [-0.2, -0.15) is 0 Å². The molecule has 2 unspecified atom stereocenters. The molecule has 0 heterocycles. The van der Waals surface area contributed by atoms with Crippen LogP contribution in [0.3, 0.4) is 0 Å². The average molecular weight is 446 g/mol. The summed E-state index contributed by atoms with van der Waals surface area (Å²) in [5.74, 6) is 1.51. The summed E-state index contributed by atoms with van der Waals surface area (Å²) in [7, 11) is 1.78. The predicted molar refractivity (Wildman–Crippen MR) is 129 cm³/mol. The molecule has 0 spiro atoms. The van der Waals surface area contributed by atoms with Crippen LogP contribution in [0.5, 0.6) is 11.5 Å². The van der Waals surface area contributed by atoms with E-state index in [-0.39, 0.29) is 18.2 Å². The molecule has 0 radical (unpaired) electrons. The highest BCUT2D eigenvalue weighted by Crippen LogP contribution is 2.38. The van der Waals surface area contributed by atoms with Gasteiger partial charge in [-0.25, -0.2) is 4.79 Å². The van der Waals surface area contributed by atoms with E-state index in [0.717, 1.165) is 29.0 Å². The van der Waals surface area contributed by atoms with Gasteiger partial charge in [0.1, 0.15) is 29.8 Å². The maximum Gasteiger partial charge on any atom is 0.410 e. The summed E-state index contributed by atoms with van der Waals surface area (Å²) in [6.45, 7) is 6.13. The van der Waals surface area contributed by atoms with Crippen LogP contribution in [0.15, 0.2) is 78.9 Å². The van der Waals surface area contributed by atoms with Gasteiger partial charge in [0.2, 0.25) is 0 Å². The molecule has 5 nitrogen and oxygen atoms in total. The predicted octanol–water partition coefficient (Wildman–Crippen LogP) is 6.18. The van der Waals surface area contributed by atoms with Gasteiger partial charge in [0.15, 0.2) is 0 Å². The number of likely N-dealkylation sites (N-methyl/N-ethyl adjacent to an activating group) is 1. The molecule has 3 aromatic carbocycles. The van der Waals surface area contributed by atoms with Crippen molar-refractivity contribution in [3.05, 3.63) is 95.6 Å². The van der Waals surface area contributed by atoms with Crippen molar-refractivity contribution in [2.75, 3.05) is 7.05 Å². The van der Waals surface area contributed by atoms with Crippen LogP contribution in [-0.4, -0.2) is 29.7 Å². The monoisotopic (exact) mass is 445 g/mol. The molecule has 1 aliphatic rings. The van der Waals surface area contributed by atoms with Gasteiger partial charge in [-0.1, -0.05) is 54.6 Å². The number of rotatable bonds is 6. The molecule has 4 rings (SSSR count). The van der Waals surface area contributed by atoms with Gasteiger partial charge in [-0.05, 0) is 68.1 Å². The molecule has 0 aliphatic heterocycles. The van der Waals surface area contributed by atoms with Crippen molar-refractivity contribution >= 4 is 6.09 Å². The fraction of sp³-hybridized carbons (Fsp3) is 0.321. The lowest BCUT2D eigenvalue weighted by Crippen LogP contribution is -2.43. The maximum atomic E-state index is 12.8. The molecule has 1 amide bonds. The summed E-state index contributed by atoms with van der Waals surface area (Å²) in [4.78, 5) is 14.4. The SMILES string of the molecule is CN(C(=O)OC(C)(C)C)C1Cc2ccccc2C1Oc1ccc(OCc2ccccc2)cc1. The fourth-order valence-corrected chi connectivity index (χ4v) is 3.99. The smallest absolute Gasteiger partial charge is 0.410 e. The van der Waals surface area contributed by atoms with Gasteiger partial charge in [-0.15, -0.1) is 0 Å². The van der Waals surface area contributed by atoms with Crippen molar-refractivity contribution < 1.29 is 19.0 Å². The summed E-state index contributed by atoms with van der Waals surface area (Å²) >= 11 is 0.